The number of nitrogens with one attached hydrogen (secondary N) is 1. The first-order valence-electron chi connectivity index (χ1n) is 11.8. The molecule has 2 aromatic heterocycles. The van der Waals surface area contributed by atoms with Crippen LogP contribution in [0.2, 0.25) is 0 Å². The zero-order valence-electron chi connectivity index (χ0n) is 19.9. The normalized spacial score (nSPS) is 17.0. The van der Waals surface area contributed by atoms with Crippen LogP contribution in [-0.2, 0) is 4.43 Å². The van der Waals surface area contributed by atoms with Gasteiger partial charge in [0.2, 0.25) is 5.95 Å². The van der Waals surface area contributed by atoms with E-state index in [4.69, 9.17) is 4.98 Å². The van der Waals surface area contributed by atoms with Crippen molar-refractivity contribution in [3.63, 3.8) is 0 Å². The van der Waals surface area contributed by atoms with Crippen molar-refractivity contribution in [1.29, 1.82) is 0 Å². The molecule has 0 bridgehead atoms. The summed E-state index contributed by atoms with van der Waals surface area (Å²) in [5, 5.41) is 19.2. The van der Waals surface area contributed by atoms with Gasteiger partial charge in [-0.1, -0.05) is 34.7 Å². The summed E-state index contributed by atoms with van der Waals surface area (Å²) < 4.78 is 42.0. The van der Waals surface area contributed by atoms with Gasteiger partial charge in [-0.25, -0.2) is 23.1 Å². The van der Waals surface area contributed by atoms with Crippen LogP contribution >= 0.6 is 22.6 Å². The Balaban J connectivity index is 1.41. The van der Waals surface area contributed by atoms with E-state index < -0.39 is 23.6 Å². The number of aromatic nitrogens is 3. The quantitative estimate of drug-likeness (QED) is 0.164. The SMILES string of the molecule is C[C@@H]1CN(c2ncc(C(O)CO)cc2CI)CCN1c1nc2c(-c3cc(F)c(F)c(F)c3)cccc2[nH]1. The average Bonchev–Trinajstić information content (AvgIpc) is 3.34. The zero-order chi connectivity index (χ0) is 26.3. The lowest BCUT2D eigenvalue weighted by Gasteiger charge is -2.40. The highest BCUT2D eigenvalue weighted by Gasteiger charge is 2.28. The third-order valence-corrected chi connectivity index (χ3v) is 7.48. The highest BCUT2D eigenvalue weighted by Crippen LogP contribution is 2.33. The number of hydrogen-bond acceptors (Lipinski definition) is 6. The molecule has 37 heavy (non-hydrogen) atoms. The van der Waals surface area contributed by atoms with E-state index >= 15 is 0 Å². The van der Waals surface area contributed by atoms with Crippen molar-refractivity contribution in [3.05, 3.63) is 71.2 Å². The van der Waals surface area contributed by atoms with Crippen LogP contribution in [0.5, 0.6) is 0 Å². The molecule has 0 amide bonds. The smallest absolute Gasteiger partial charge is 0.204 e. The Labute approximate surface area is 225 Å². The van der Waals surface area contributed by atoms with Gasteiger partial charge in [-0.05, 0) is 36.8 Å². The number of halogens is 4. The minimum Gasteiger partial charge on any atom is -0.393 e. The summed E-state index contributed by atoms with van der Waals surface area (Å²) in [4.78, 5) is 17.0. The van der Waals surface area contributed by atoms with E-state index in [0.717, 1.165) is 23.5 Å². The van der Waals surface area contributed by atoms with Crippen LogP contribution in [0.4, 0.5) is 24.9 Å². The summed E-state index contributed by atoms with van der Waals surface area (Å²) in [5.41, 5.74) is 3.54. The average molecular weight is 623 g/mol. The monoisotopic (exact) mass is 623 g/mol. The van der Waals surface area contributed by atoms with Gasteiger partial charge in [0.25, 0.3) is 0 Å². The molecule has 11 heteroatoms. The number of aliphatic hydroxyl groups is 2. The highest BCUT2D eigenvalue weighted by molar-refractivity contribution is 14.1. The summed E-state index contributed by atoms with van der Waals surface area (Å²) in [7, 11) is 0. The molecule has 194 valence electrons. The van der Waals surface area contributed by atoms with Crippen LogP contribution in [0.25, 0.3) is 22.2 Å². The zero-order valence-corrected chi connectivity index (χ0v) is 22.1. The second-order valence-corrected chi connectivity index (χ2v) is 9.85. The third-order valence-electron chi connectivity index (χ3n) is 6.66. The van der Waals surface area contributed by atoms with E-state index in [1.807, 2.05) is 12.1 Å². The van der Waals surface area contributed by atoms with Crippen LogP contribution < -0.4 is 9.80 Å². The number of piperazine rings is 1. The largest absolute Gasteiger partial charge is 0.393 e. The van der Waals surface area contributed by atoms with Crippen LogP contribution in [0, 0.1) is 17.5 Å². The van der Waals surface area contributed by atoms with Crippen molar-refractivity contribution in [3.8, 4) is 11.1 Å². The number of H-pyrrole nitrogens is 1. The van der Waals surface area contributed by atoms with Gasteiger partial charge < -0.3 is 25.0 Å². The van der Waals surface area contributed by atoms with Gasteiger partial charge in [0.1, 0.15) is 11.9 Å². The van der Waals surface area contributed by atoms with Gasteiger partial charge in [-0.15, -0.1) is 0 Å². The maximum absolute atomic E-state index is 13.9. The molecule has 1 fully saturated rings. The Morgan fingerprint density at radius 1 is 1.16 bits per heavy atom. The molecule has 1 aliphatic rings. The number of fused-ring (bicyclic) bond motifs is 1. The number of pyridine rings is 1. The van der Waals surface area contributed by atoms with E-state index in [0.29, 0.717) is 52.2 Å². The lowest BCUT2D eigenvalue weighted by molar-refractivity contribution is 0.0953. The van der Waals surface area contributed by atoms with Crippen LogP contribution in [0.15, 0.2) is 42.6 Å². The molecule has 7 nitrogen and oxygen atoms in total. The number of alkyl halides is 1. The summed E-state index contributed by atoms with van der Waals surface area (Å²) in [6.45, 7) is 3.73. The predicted molar refractivity (Wildman–Crippen MR) is 144 cm³/mol. The molecular weight excluding hydrogens is 598 g/mol. The number of nitrogens with zero attached hydrogens (tertiary/aromatic N) is 4. The molecule has 3 N–H and O–H groups in total. The molecule has 1 saturated heterocycles. The first-order chi connectivity index (χ1) is 17.8. The summed E-state index contributed by atoms with van der Waals surface area (Å²) >= 11 is 2.26. The van der Waals surface area contributed by atoms with Gasteiger partial charge in [0.05, 0.1) is 17.6 Å². The number of rotatable bonds is 6. The third kappa shape index (κ3) is 4.87. The molecule has 0 radical (unpaired) electrons. The van der Waals surface area contributed by atoms with Gasteiger partial charge in [0, 0.05) is 53.0 Å². The minimum absolute atomic E-state index is 0.0602. The fourth-order valence-corrected chi connectivity index (χ4v) is 5.32. The lowest BCUT2D eigenvalue weighted by atomic mass is 10.0. The molecule has 1 aliphatic heterocycles. The maximum atomic E-state index is 13.9. The van der Waals surface area contributed by atoms with Crippen molar-refractivity contribution < 1.29 is 23.4 Å². The first-order valence-corrected chi connectivity index (χ1v) is 13.3. The molecule has 2 atom stereocenters. The predicted octanol–water partition coefficient (Wildman–Crippen LogP) is 4.72. The van der Waals surface area contributed by atoms with E-state index in [-0.39, 0.29) is 18.2 Å². The maximum Gasteiger partial charge on any atom is 0.204 e. The molecule has 1 unspecified atom stereocenters. The first kappa shape index (κ1) is 25.7. The van der Waals surface area contributed by atoms with Crippen molar-refractivity contribution in [2.75, 3.05) is 36.0 Å². The molecule has 3 heterocycles. The standard InChI is InChI=1S/C26H25F3IN5O2/c1-14-12-34(25-16(10-30)7-17(11-31-25)22(37)13-36)5-6-35(14)26-32-21-4-2-3-18(24(21)33-26)15-8-19(27)23(29)20(28)9-15/h2-4,7-9,11,14,22,36-37H,5-6,10,12-13H2,1H3,(H,32,33)/t14-,22?/m1/s1. The number of imidazole rings is 1. The molecule has 0 spiro atoms. The Bertz CT molecular complexity index is 1430. The molecule has 5 rings (SSSR count). The van der Waals surface area contributed by atoms with Crippen molar-refractivity contribution >= 4 is 45.4 Å². The lowest BCUT2D eigenvalue weighted by Crippen LogP contribution is -2.53. The Morgan fingerprint density at radius 3 is 2.59 bits per heavy atom. The van der Waals surface area contributed by atoms with E-state index in [1.165, 1.54) is 0 Å². The summed E-state index contributed by atoms with van der Waals surface area (Å²) in [6.07, 6.45) is 0.644. The number of anilines is 2. The Kier molecular flexibility index (Phi) is 7.28. The number of aromatic amines is 1. The number of aliphatic hydroxyl groups excluding tert-OH is 2. The highest BCUT2D eigenvalue weighted by atomic mass is 127. The second-order valence-electron chi connectivity index (χ2n) is 9.09. The molecule has 2 aromatic carbocycles. The number of benzene rings is 2. The van der Waals surface area contributed by atoms with Crippen LogP contribution in [0.1, 0.15) is 24.2 Å². The van der Waals surface area contributed by atoms with E-state index in [9.17, 15) is 23.4 Å². The molecular formula is C26H25F3IN5O2. The summed E-state index contributed by atoms with van der Waals surface area (Å²) in [6, 6.07) is 9.20. The fraction of sp³-hybridized carbons (Fsp3) is 0.308. The minimum atomic E-state index is -1.50. The van der Waals surface area contributed by atoms with Crippen LogP contribution in [-0.4, -0.2) is 57.4 Å². The topological polar surface area (TPSA) is 88.5 Å². The molecule has 0 saturated carbocycles. The van der Waals surface area contributed by atoms with Crippen molar-refractivity contribution in [2.45, 2.75) is 23.5 Å². The van der Waals surface area contributed by atoms with E-state index in [1.54, 1.807) is 18.3 Å². The van der Waals surface area contributed by atoms with Gasteiger partial charge >= 0.3 is 0 Å². The van der Waals surface area contributed by atoms with Gasteiger partial charge in [-0.2, -0.15) is 0 Å². The van der Waals surface area contributed by atoms with Gasteiger partial charge in [0.15, 0.2) is 17.5 Å². The van der Waals surface area contributed by atoms with E-state index in [2.05, 4.69) is 49.3 Å². The Morgan fingerprint density at radius 2 is 1.92 bits per heavy atom. The van der Waals surface area contributed by atoms with Gasteiger partial charge in [-0.3, -0.25) is 0 Å². The second kappa shape index (κ2) is 10.5. The van der Waals surface area contributed by atoms with Crippen molar-refractivity contribution in [2.24, 2.45) is 0 Å². The summed E-state index contributed by atoms with van der Waals surface area (Å²) in [5.74, 6) is -2.50. The molecule has 0 aliphatic carbocycles. The van der Waals surface area contributed by atoms with Crippen LogP contribution in [0.3, 0.4) is 0 Å². The number of para-hydroxylation sites is 1. The number of hydrogen-bond donors (Lipinski definition) is 3. The Hall–Kier alpha value is -2.90. The fourth-order valence-electron chi connectivity index (χ4n) is 4.76. The molecule has 4 aromatic rings. The van der Waals surface area contributed by atoms with Crippen molar-refractivity contribution in [1.82, 2.24) is 15.0 Å².